The van der Waals surface area contributed by atoms with Gasteiger partial charge in [0, 0.05) is 62.8 Å². The minimum Gasteiger partial charge on any atom is -0.497 e. The van der Waals surface area contributed by atoms with Crippen molar-refractivity contribution in [3.05, 3.63) is 59.2 Å². The maximum Gasteiger partial charge on any atom is 0.416 e. The van der Waals surface area contributed by atoms with Gasteiger partial charge >= 0.3 is 12.1 Å². The van der Waals surface area contributed by atoms with Crippen molar-refractivity contribution in [2.24, 2.45) is 11.8 Å². The summed E-state index contributed by atoms with van der Waals surface area (Å²) < 4.78 is 64.6. The molecule has 3 aliphatic heterocycles. The topological polar surface area (TPSA) is 73.3 Å². The number of carboxylic acid groups (broad SMARTS) is 1. The van der Waals surface area contributed by atoms with E-state index in [1.54, 1.807) is 24.1 Å². The number of ether oxygens (including phenoxy) is 1. The van der Waals surface area contributed by atoms with Gasteiger partial charge in [-0.1, -0.05) is 44.4 Å². The van der Waals surface area contributed by atoms with E-state index < -0.39 is 41.1 Å². The van der Waals surface area contributed by atoms with E-state index >= 15 is 4.39 Å². The summed E-state index contributed by atoms with van der Waals surface area (Å²) in [5.74, 6) is -2.32. The molecule has 2 aromatic carbocycles. The van der Waals surface area contributed by atoms with Gasteiger partial charge in [0.2, 0.25) is 5.67 Å². The van der Waals surface area contributed by atoms with Crippen LogP contribution in [0.1, 0.15) is 80.4 Å². The van der Waals surface area contributed by atoms with Crippen LogP contribution in [0.5, 0.6) is 5.75 Å². The Morgan fingerprint density at radius 3 is 2.26 bits per heavy atom. The lowest BCUT2D eigenvalue weighted by molar-refractivity contribution is -0.143. The minimum absolute atomic E-state index is 0.0230. The van der Waals surface area contributed by atoms with Crippen molar-refractivity contribution < 1.29 is 37.0 Å². The lowest BCUT2D eigenvalue weighted by atomic mass is 9.84. The molecule has 4 atom stereocenters. The Labute approximate surface area is 273 Å². The van der Waals surface area contributed by atoms with Gasteiger partial charge in [-0.15, -0.1) is 0 Å². The summed E-state index contributed by atoms with van der Waals surface area (Å²) in [6.07, 6.45) is 0.977. The average molecular weight is 660 g/mol. The van der Waals surface area contributed by atoms with Gasteiger partial charge in [0.1, 0.15) is 5.75 Å². The molecular formula is C36H45F4N3O4. The Morgan fingerprint density at radius 2 is 1.66 bits per heavy atom. The third-order valence-corrected chi connectivity index (χ3v) is 11.3. The molecule has 256 valence electrons. The van der Waals surface area contributed by atoms with E-state index in [2.05, 4.69) is 4.90 Å². The highest BCUT2D eigenvalue weighted by molar-refractivity contribution is 5.88. The number of anilines is 1. The highest BCUT2D eigenvalue weighted by atomic mass is 19.4. The van der Waals surface area contributed by atoms with Crippen LogP contribution in [0.3, 0.4) is 0 Å². The molecule has 0 spiro atoms. The maximum absolute atomic E-state index is 17.6. The number of carbonyl (C=O) groups excluding carboxylic acids is 1. The molecule has 1 amide bonds. The van der Waals surface area contributed by atoms with E-state index in [1.165, 1.54) is 12.1 Å². The van der Waals surface area contributed by atoms with Crippen LogP contribution in [0.4, 0.5) is 23.2 Å². The van der Waals surface area contributed by atoms with E-state index in [0.29, 0.717) is 62.4 Å². The first kappa shape index (κ1) is 33.6. The Bertz CT molecular complexity index is 1440. The van der Waals surface area contributed by atoms with Gasteiger partial charge in [-0.05, 0) is 67.0 Å². The second-order valence-electron chi connectivity index (χ2n) is 13.9. The Kier molecular flexibility index (Phi) is 9.48. The second-order valence-corrected chi connectivity index (χ2v) is 13.9. The Hall–Kier alpha value is -3.34. The van der Waals surface area contributed by atoms with Crippen LogP contribution in [0.25, 0.3) is 0 Å². The molecule has 4 aliphatic rings. The molecule has 6 rings (SSSR count). The molecule has 3 saturated heterocycles. The van der Waals surface area contributed by atoms with Gasteiger partial charge in [0.15, 0.2) is 0 Å². The summed E-state index contributed by atoms with van der Waals surface area (Å²) >= 11 is 0. The third kappa shape index (κ3) is 6.56. The molecule has 2 aromatic rings. The predicted molar refractivity (Wildman–Crippen MR) is 171 cm³/mol. The SMILES string of the molecule is CC[C@H]1CN(C(=O)[C@]2(F)CN(C3CCCC3)CC2c2ccc(OC)cc2)C[C@@H]1c1ccc(C(F)(F)F)cc1N1CCC(C(=O)O)CC1. The molecule has 0 aromatic heterocycles. The maximum atomic E-state index is 17.6. The number of likely N-dealkylation sites (tertiary alicyclic amines) is 2. The van der Waals surface area contributed by atoms with E-state index in [0.717, 1.165) is 37.3 Å². The standard InChI is InChI=1S/C36H45F4N3O4/c1-3-23-19-42(20-30(23)29-13-10-26(36(38,39)40)18-32(29)41-16-14-25(15-17-41)33(44)45)34(46)35(37)22-43(27-6-4-5-7-27)21-31(35)24-8-11-28(47-2)12-9-24/h8-13,18,23,25,27,30-31H,3-7,14-17,19-22H2,1-2H3,(H,44,45)/t23-,30-,31?,35-/m0/s1. The number of carbonyl (C=O) groups is 2. The summed E-state index contributed by atoms with van der Waals surface area (Å²) in [4.78, 5) is 31.6. The van der Waals surface area contributed by atoms with Crippen molar-refractivity contribution in [3.63, 3.8) is 0 Å². The van der Waals surface area contributed by atoms with Crippen LogP contribution in [-0.2, 0) is 15.8 Å². The molecule has 4 fully saturated rings. The zero-order valence-corrected chi connectivity index (χ0v) is 27.1. The molecule has 1 N–H and O–H groups in total. The molecule has 0 radical (unpaired) electrons. The number of piperidine rings is 1. The number of carboxylic acids is 1. The first-order valence-electron chi connectivity index (χ1n) is 17.0. The zero-order valence-electron chi connectivity index (χ0n) is 27.1. The molecule has 0 bridgehead atoms. The van der Waals surface area contributed by atoms with Gasteiger partial charge in [0.25, 0.3) is 5.91 Å². The first-order chi connectivity index (χ1) is 22.4. The number of benzene rings is 2. The molecule has 7 nitrogen and oxygen atoms in total. The van der Waals surface area contributed by atoms with Gasteiger partial charge in [-0.25, -0.2) is 4.39 Å². The van der Waals surface area contributed by atoms with E-state index in [-0.39, 0.29) is 31.0 Å². The number of hydrogen-bond donors (Lipinski definition) is 1. The number of aliphatic carboxylic acids is 1. The van der Waals surface area contributed by atoms with Crippen LogP contribution in [0.2, 0.25) is 0 Å². The fourth-order valence-corrected chi connectivity index (χ4v) is 8.56. The van der Waals surface area contributed by atoms with Crippen molar-refractivity contribution in [3.8, 4) is 5.75 Å². The van der Waals surface area contributed by atoms with Crippen molar-refractivity contribution in [1.29, 1.82) is 0 Å². The third-order valence-electron chi connectivity index (χ3n) is 11.3. The number of rotatable bonds is 8. The molecular weight excluding hydrogens is 614 g/mol. The predicted octanol–water partition coefficient (Wildman–Crippen LogP) is 6.72. The van der Waals surface area contributed by atoms with E-state index in [9.17, 15) is 27.9 Å². The number of methoxy groups -OCH3 is 1. The van der Waals surface area contributed by atoms with Crippen LogP contribution in [0.15, 0.2) is 42.5 Å². The molecule has 47 heavy (non-hydrogen) atoms. The summed E-state index contributed by atoms with van der Waals surface area (Å²) in [5.41, 5.74) is -1.03. The number of halogens is 4. The van der Waals surface area contributed by atoms with E-state index in [1.807, 2.05) is 24.0 Å². The molecule has 3 heterocycles. The van der Waals surface area contributed by atoms with Crippen molar-refractivity contribution in [1.82, 2.24) is 9.80 Å². The van der Waals surface area contributed by atoms with Crippen LogP contribution < -0.4 is 9.64 Å². The molecule has 1 unspecified atom stereocenters. The normalized spacial score (nSPS) is 27.9. The lowest BCUT2D eigenvalue weighted by Gasteiger charge is -2.35. The number of hydrogen-bond acceptors (Lipinski definition) is 5. The summed E-state index contributed by atoms with van der Waals surface area (Å²) in [7, 11) is 1.57. The molecule has 11 heteroatoms. The van der Waals surface area contributed by atoms with Gasteiger partial charge in [0.05, 0.1) is 18.6 Å². The van der Waals surface area contributed by atoms with Crippen LogP contribution >= 0.6 is 0 Å². The van der Waals surface area contributed by atoms with Gasteiger partial charge in [-0.3, -0.25) is 14.5 Å². The quantitative estimate of drug-likeness (QED) is 0.318. The number of amides is 1. The minimum atomic E-state index is -4.54. The summed E-state index contributed by atoms with van der Waals surface area (Å²) in [6, 6.07) is 11.3. The Balaban J connectivity index is 1.30. The van der Waals surface area contributed by atoms with Crippen molar-refractivity contribution >= 4 is 17.6 Å². The van der Waals surface area contributed by atoms with Crippen LogP contribution in [-0.4, -0.2) is 84.9 Å². The highest BCUT2D eigenvalue weighted by Crippen LogP contribution is 2.47. The van der Waals surface area contributed by atoms with Crippen LogP contribution in [0, 0.1) is 11.8 Å². The zero-order chi connectivity index (χ0) is 33.5. The second kappa shape index (κ2) is 13.3. The van der Waals surface area contributed by atoms with Crippen molar-refractivity contribution in [2.45, 2.75) is 81.6 Å². The molecule has 1 saturated carbocycles. The first-order valence-corrected chi connectivity index (χ1v) is 17.0. The van der Waals surface area contributed by atoms with Gasteiger partial charge in [-0.2, -0.15) is 13.2 Å². The fraction of sp³-hybridized carbons (Fsp3) is 0.611. The average Bonchev–Trinajstić information content (AvgIpc) is 3.83. The van der Waals surface area contributed by atoms with E-state index in [4.69, 9.17) is 4.74 Å². The number of nitrogens with zero attached hydrogens (tertiary/aromatic N) is 3. The Morgan fingerprint density at radius 1 is 0.979 bits per heavy atom. The fourth-order valence-electron chi connectivity index (χ4n) is 8.56. The molecule has 1 aliphatic carbocycles. The largest absolute Gasteiger partial charge is 0.497 e. The summed E-state index contributed by atoms with van der Waals surface area (Å²) in [5, 5.41) is 9.48. The summed E-state index contributed by atoms with van der Waals surface area (Å²) in [6.45, 7) is 3.66. The number of alkyl halides is 4. The van der Waals surface area contributed by atoms with Gasteiger partial charge < -0.3 is 19.6 Å². The smallest absolute Gasteiger partial charge is 0.416 e. The monoisotopic (exact) mass is 659 g/mol. The highest BCUT2D eigenvalue weighted by Gasteiger charge is 2.57. The van der Waals surface area contributed by atoms with Crippen molar-refractivity contribution in [2.75, 3.05) is 51.3 Å². The lowest BCUT2D eigenvalue weighted by Crippen LogP contribution is -2.50.